The number of carbonyl (C=O) groups excluding carboxylic acids is 1. The Bertz CT molecular complexity index is 782. The summed E-state index contributed by atoms with van der Waals surface area (Å²) < 4.78 is 5.60. The van der Waals surface area contributed by atoms with Crippen molar-refractivity contribution in [3.63, 3.8) is 0 Å². The van der Waals surface area contributed by atoms with Crippen molar-refractivity contribution in [3.8, 4) is 5.75 Å². The predicted molar refractivity (Wildman–Crippen MR) is 113 cm³/mol. The Morgan fingerprint density at radius 2 is 1.75 bits per heavy atom. The topological polar surface area (TPSA) is 41.6 Å². The minimum Gasteiger partial charge on any atom is -0.410 e. The predicted octanol–water partition coefficient (Wildman–Crippen LogP) is 5.45. The molecule has 0 unspecified atom stereocenters. The number of fused-ring (bicyclic) bond motifs is 1. The highest BCUT2D eigenvalue weighted by Crippen LogP contribution is 2.32. The fourth-order valence-corrected chi connectivity index (χ4v) is 4.38. The third-order valence-electron chi connectivity index (χ3n) is 5.90. The smallest absolute Gasteiger partial charge is 0.410 e. The van der Waals surface area contributed by atoms with E-state index in [1.165, 1.54) is 48.9 Å². The first-order valence-corrected chi connectivity index (χ1v) is 10.7. The summed E-state index contributed by atoms with van der Waals surface area (Å²) in [4.78, 5) is 14.7. The number of amides is 1. The van der Waals surface area contributed by atoms with Gasteiger partial charge < -0.3 is 15.0 Å². The number of anilines is 1. The Morgan fingerprint density at radius 1 is 1.00 bits per heavy atom. The molecule has 2 aromatic carbocycles. The zero-order valence-corrected chi connectivity index (χ0v) is 16.5. The first kappa shape index (κ1) is 18.9. The van der Waals surface area contributed by atoms with Crippen LogP contribution in [0.5, 0.6) is 5.75 Å². The fourth-order valence-electron chi connectivity index (χ4n) is 4.38. The van der Waals surface area contributed by atoms with Gasteiger partial charge in [-0.1, -0.05) is 62.4 Å². The number of hydrogen-bond donors (Lipinski definition) is 1. The quantitative estimate of drug-likeness (QED) is 0.769. The van der Waals surface area contributed by atoms with E-state index in [1.807, 2.05) is 18.2 Å². The highest BCUT2D eigenvalue weighted by Gasteiger charge is 2.21. The van der Waals surface area contributed by atoms with E-state index in [9.17, 15) is 4.79 Å². The van der Waals surface area contributed by atoms with Crippen LogP contribution in [0, 0.1) is 0 Å². The van der Waals surface area contributed by atoms with Crippen molar-refractivity contribution in [2.75, 3.05) is 11.4 Å². The van der Waals surface area contributed by atoms with Crippen molar-refractivity contribution in [2.24, 2.45) is 0 Å². The number of benzene rings is 2. The molecule has 4 rings (SSSR count). The Balaban J connectivity index is 1.34. The summed E-state index contributed by atoms with van der Waals surface area (Å²) in [6, 6.07) is 16.8. The largest absolute Gasteiger partial charge is 0.412 e. The summed E-state index contributed by atoms with van der Waals surface area (Å²) >= 11 is 0. The number of carbonyl (C=O) groups is 1. The zero-order valence-electron chi connectivity index (χ0n) is 16.5. The van der Waals surface area contributed by atoms with E-state index in [0.717, 1.165) is 32.4 Å². The molecule has 1 aliphatic heterocycles. The highest BCUT2D eigenvalue weighted by molar-refractivity contribution is 5.71. The molecule has 148 valence electrons. The lowest BCUT2D eigenvalue weighted by Gasteiger charge is -2.21. The van der Waals surface area contributed by atoms with Gasteiger partial charge in [-0.3, -0.25) is 0 Å². The van der Waals surface area contributed by atoms with Crippen molar-refractivity contribution in [3.05, 3.63) is 59.7 Å². The SMILES string of the molecule is O=C(NC1CCCCCCC1)Oc1ccc2c(c1)CCN2Cc1ccccc1. The van der Waals surface area contributed by atoms with Crippen LogP contribution in [0.2, 0.25) is 0 Å². The van der Waals surface area contributed by atoms with Crippen LogP contribution in [-0.2, 0) is 13.0 Å². The van der Waals surface area contributed by atoms with Crippen molar-refractivity contribution in [2.45, 2.75) is 64.0 Å². The molecule has 4 heteroatoms. The Kier molecular flexibility index (Phi) is 6.15. The number of nitrogens with one attached hydrogen (secondary N) is 1. The summed E-state index contributed by atoms with van der Waals surface area (Å²) in [6.07, 6.45) is 9.07. The van der Waals surface area contributed by atoms with E-state index in [-0.39, 0.29) is 12.1 Å². The van der Waals surface area contributed by atoms with Gasteiger partial charge in [-0.05, 0) is 48.6 Å². The lowest BCUT2D eigenvalue weighted by molar-refractivity contribution is 0.193. The van der Waals surface area contributed by atoms with Crippen molar-refractivity contribution >= 4 is 11.8 Å². The minimum atomic E-state index is -0.315. The number of rotatable bonds is 4. The maximum atomic E-state index is 12.3. The second-order valence-electron chi connectivity index (χ2n) is 8.02. The molecule has 1 aliphatic carbocycles. The molecule has 0 spiro atoms. The number of hydrogen-bond acceptors (Lipinski definition) is 3. The summed E-state index contributed by atoms with van der Waals surface area (Å²) in [6.45, 7) is 1.91. The van der Waals surface area contributed by atoms with Gasteiger partial charge in [0.2, 0.25) is 0 Å². The lowest BCUT2D eigenvalue weighted by atomic mass is 9.97. The van der Waals surface area contributed by atoms with Crippen LogP contribution in [-0.4, -0.2) is 18.7 Å². The maximum absolute atomic E-state index is 12.3. The third kappa shape index (κ3) is 4.86. The molecule has 0 aromatic heterocycles. The van der Waals surface area contributed by atoms with Crippen LogP contribution in [0.4, 0.5) is 10.5 Å². The molecule has 28 heavy (non-hydrogen) atoms. The minimum absolute atomic E-state index is 0.253. The Hall–Kier alpha value is -2.49. The van der Waals surface area contributed by atoms with Gasteiger partial charge in [0.1, 0.15) is 5.75 Å². The van der Waals surface area contributed by atoms with Crippen LogP contribution in [0.1, 0.15) is 56.1 Å². The monoisotopic (exact) mass is 378 g/mol. The maximum Gasteiger partial charge on any atom is 0.412 e. The van der Waals surface area contributed by atoms with Gasteiger partial charge in [0, 0.05) is 24.8 Å². The molecule has 1 saturated carbocycles. The van der Waals surface area contributed by atoms with Crippen molar-refractivity contribution < 1.29 is 9.53 Å². The molecule has 2 aliphatic rings. The molecule has 1 fully saturated rings. The van der Waals surface area contributed by atoms with Crippen molar-refractivity contribution in [1.82, 2.24) is 5.32 Å². The highest BCUT2D eigenvalue weighted by atomic mass is 16.6. The number of ether oxygens (including phenoxy) is 1. The van der Waals surface area contributed by atoms with Crippen LogP contribution in [0.25, 0.3) is 0 Å². The van der Waals surface area contributed by atoms with E-state index in [2.05, 4.69) is 40.5 Å². The van der Waals surface area contributed by atoms with Gasteiger partial charge in [0.05, 0.1) is 0 Å². The Morgan fingerprint density at radius 3 is 2.54 bits per heavy atom. The van der Waals surface area contributed by atoms with Gasteiger partial charge in [-0.15, -0.1) is 0 Å². The summed E-state index contributed by atoms with van der Waals surface area (Å²) in [5, 5.41) is 3.07. The molecule has 2 aromatic rings. The zero-order chi connectivity index (χ0) is 19.2. The van der Waals surface area contributed by atoms with Crippen LogP contribution < -0.4 is 15.0 Å². The second-order valence-corrected chi connectivity index (χ2v) is 8.02. The fraction of sp³-hybridized carbons (Fsp3) is 0.458. The summed E-state index contributed by atoms with van der Waals surface area (Å²) in [5.74, 6) is 0.642. The van der Waals surface area contributed by atoms with Crippen LogP contribution >= 0.6 is 0 Å². The van der Waals surface area contributed by atoms with Gasteiger partial charge >= 0.3 is 6.09 Å². The van der Waals surface area contributed by atoms with E-state index in [4.69, 9.17) is 4.74 Å². The molecule has 1 N–H and O–H groups in total. The third-order valence-corrected chi connectivity index (χ3v) is 5.90. The average Bonchev–Trinajstić information content (AvgIpc) is 3.07. The summed E-state index contributed by atoms with van der Waals surface area (Å²) in [7, 11) is 0. The molecule has 0 atom stereocenters. The van der Waals surface area contributed by atoms with Crippen LogP contribution in [0.3, 0.4) is 0 Å². The average molecular weight is 379 g/mol. The normalized spacial score (nSPS) is 17.5. The van der Waals surface area contributed by atoms with Gasteiger partial charge in [-0.2, -0.15) is 0 Å². The molecular formula is C24H30N2O2. The van der Waals surface area contributed by atoms with Gasteiger partial charge in [0.15, 0.2) is 0 Å². The van der Waals surface area contributed by atoms with E-state index < -0.39 is 0 Å². The first-order valence-electron chi connectivity index (χ1n) is 10.7. The number of nitrogens with zero attached hydrogens (tertiary/aromatic N) is 1. The second kappa shape index (κ2) is 9.13. The molecule has 0 radical (unpaired) electrons. The molecule has 4 nitrogen and oxygen atoms in total. The van der Waals surface area contributed by atoms with Crippen molar-refractivity contribution in [1.29, 1.82) is 0 Å². The van der Waals surface area contributed by atoms with E-state index in [1.54, 1.807) is 0 Å². The van der Waals surface area contributed by atoms with E-state index >= 15 is 0 Å². The van der Waals surface area contributed by atoms with Crippen LogP contribution in [0.15, 0.2) is 48.5 Å². The molecule has 1 heterocycles. The van der Waals surface area contributed by atoms with Gasteiger partial charge in [-0.25, -0.2) is 4.79 Å². The van der Waals surface area contributed by atoms with Gasteiger partial charge in [0.25, 0.3) is 0 Å². The first-order chi connectivity index (χ1) is 13.8. The lowest BCUT2D eigenvalue weighted by Crippen LogP contribution is -2.37. The summed E-state index contributed by atoms with van der Waals surface area (Å²) in [5.41, 5.74) is 3.82. The molecular weight excluding hydrogens is 348 g/mol. The standard InChI is InChI=1S/C24H30N2O2/c27-24(25-21-11-7-2-1-3-8-12-21)28-22-13-14-23-20(17-22)15-16-26(23)18-19-9-5-4-6-10-19/h4-6,9-10,13-14,17,21H,1-3,7-8,11-12,15-16,18H2,(H,25,27). The molecule has 0 bridgehead atoms. The Labute approximate surface area is 167 Å². The van der Waals surface area contributed by atoms with E-state index in [0.29, 0.717) is 5.75 Å². The molecule has 1 amide bonds. The molecule has 0 saturated heterocycles.